The van der Waals surface area contributed by atoms with Crippen LogP contribution in [0, 0.1) is 0 Å². The number of alkyl halides is 1. The SMILES string of the molecule is CCC1(NCc2cc(C(=O)OCCN(C)CCCl)cc(Br)c2N)CCCCC1. The number of nitrogens with two attached hydrogens (primary N) is 1. The molecule has 1 aromatic carbocycles. The summed E-state index contributed by atoms with van der Waals surface area (Å²) in [5.74, 6) is 0.231. The number of carbonyl (C=O) groups is 1. The van der Waals surface area contributed by atoms with Crippen molar-refractivity contribution in [2.45, 2.75) is 57.5 Å². The van der Waals surface area contributed by atoms with Gasteiger partial charge in [0, 0.05) is 35.5 Å². The van der Waals surface area contributed by atoms with E-state index in [2.05, 4.69) is 28.2 Å². The molecule has 0 unspecified atom stereocenters. The van der Waals surface area contributed by atoms with Crippen LogP contribution in [0.5, 0.6) is 0 Å². The number of ether oxygens (including phenoxy) is 1. The van der Waals surface area contributed by atoms with Gasteiger partial charge in [0.2, 0.25) is 0 Å². The fraction of sp³-hybridized carbons (Fsp3) is 0.667. The molecule has 1 fully saturated rings. The number of hydrogen-bond donors (Lipinski definition) is 2. The molecule has 1 aromatic rings. The third kappa shape index (κ3) is 6.61. The Morgan fingerprint density at radius 3 is 2.68 bits per heavy atom. The largest absolute Gasteiger partial charge is 0.461 e. The highest BCUT2D eigenvalue weighted by molar-refractivity contribution is 9.10. The molecule has 0 saturated heterocycles. The van der Waals surface area contributed by atoms with E-state index in [9.17, 15) is 4.79 Å². The zero-order valence-corrected chi connectivity index (χ0v) is 19.4. The van der Waals surface area contributed by atoms with Gasteiger partial charge in [-0.15, -0.1) is 11.6 Å². The van der Waals surface area contributed by atoms with Gasteiger partial charge in [-0.1, -0.05) is 26.2 Å². The predicted molar refractivity (Wildman–Crippen MR) is 120 cm³/mol. The Hall–Kier alpha value is -0.820. The predicted octanol–water partition coefficient (Wildman–Crippen LogP) is 4.56. The molecule has 158 valence electrons. The number of anilines is 1. The summed E-state index contributed by atoms with van der Waals surface area (Å²) in [5.41, 5.74) is 8.57. The van der Waals surface area contributed by atoms with Gasteiger partial charge in [0.1, 0.15) is 6.61 Å². The zero-order chi connectivity index (χ0) is 20.6. The molecule has 0 bridgehead atoms. The Balaban J connectivity index is 2.01. The van der Waals surface area contributed by atoms with Gasteiger partial charge in [-0.2, -0.15) is 0 Å². The smallest absolute Gasteiger partial charge is 0.338 e. The topological polar surface area (TPSA) is 67.6 Å². The third-order valence-corrected chi connectivity index (χ3v) is 6.59. The normalized spacial score (nSPS) is 16.3. The Bertz CT molecular complexity index is 651. The number of rotatable bonds is 10. The Labute approximate surface area is 182 Å². The maximum absolute atomic E-state index is 12.5. The number of nitrogen functional groups attached to an aromatic ring is 1. The van der Waals surface area contributed by atoms with E-state index in [0.29, 0.717) is 36.8 Å². The first-order valence-corrected chi connectivity index (χ1v) is 11.5. The molecule has 5 nitrogen and oxygen atoms in total. The number of halogens is 2. The molecule has 2 rings (SSSR count). The molecule has 1 aliphatic carbocycles. The van der Waals surface area contributed by atoms with E-state index in [4.69, 9.17) is 22.1 Å². The Morgan fingerprint density at radius 2 is 2.04 bits per heavy atom. The van der Waals surface area contributed by atoms with Crippen LogP contribution in [0.15, 0.2) is 16.6 Å². The van der Waals surface area contributed by atoms with E-state index >= 15 is 0 Å². The van der Waals surface area contributed by atoms with Gasteiger partial charge in [0.25, 0.3) is 0 Å². The number of esters is 1. The van der Waals surface area contributed by atoms with Crippen LogP contribution in [0.3, 0.4) is 0 Å². The molecule has 0 atom stereocenters. The third-order valence-electron chi connectivity index (χ3n) is 5.76. The van der Waals surface area contributed by atoms with E-state index in [0.717, 1.165) is 23.0 Å². The van der Waals surface area contributed by atoms with E-state index in [1.165, 1.54) is 32.1 Å². The molecule has 28 heavy (non-hydrogen) atoms. The molecule has 7 heteroatoms. The number of carbonyl (C=O) groups excluding carboxylic acids is 1. The van der Waals surface area contributed by atoms with Crippen molar-refractivity contribution in [1.82, 2.24) is 10.2 Å². The lowest BCUT2D eigenvalue weighted by Gasteiger charge is -2.38. The Morgan fingerprint density at radius 1 is 1.32 bits per heavy atom. The second kappa shape index (κ2) is 11.4. The van der Waals surface area contributed by atoms with Crippen molar-refractivity contribution in [2.24, 2.45) is 0 Å². The second-order valence-corrected chi connectivity index (χ2v) is 8.94. The highest BCUT2D eigenvalue weighted by Gasteiger charge is 2.29. The van der Waals surface area contributed by atoms with Gasteiger partial charge >= 0.3 is 5.97 Å². The molecule has 1 saturated carbocycles. The van der Waals surface area contributed by atoms with Crippen LogP contribution in [-0.4, -0.2) is 49.0 Å². The summed E-state index contributed by atoms with van der Waals surface area (Å²) in [5, 5.41) is 3.74. The van der Waals surface area contributed by atoms with Crippen LogP contribution >= 0.6 is 27.5 Å². The highest BCUT2D eigenvalue weighted by atomic mass is 79.9. The molecule has 3 N–H and O–H groups in total. The summed E-state index contributed by atoms with van der Waals surface area (Å²) >= 11 is 9.21. The highest BCUT2D eigenvalue weighted by Crippen LogP contribution is 2.32. The molecule has 0 aliphatic heterocycles. The van der Waals surface area contributed by atoms with E-state index < -0.39 is 0 Å². The van der Waals surface area contributed by atoms with Crippen molar-refractivity contribution in [2.75, 3.05) is 38.4 Å². The number of hydrogen-bond acceptors (Lipinski definition) is 5. The van der Waals surface area contributed by atoms with Crippen LogP contribution in [0.1, 0.15) is 61.4 Å². The lowest BCUT2D eigenvalue weighted by Crippen LogP contribution is -2.45. The van der Waals surface area contributed by atoms with Gasteiger partial charge in [0.15, 0.2) is 0 Å². The van der Waals surface area contributed by atoms with Crippen molar-refractivity contribution in [1.29, 1.82) is 0 Å². The van der Waals surface area contributed by atoms with Gasteiger partial charge in [-0.25, -0.2) is 4.79 Å². The number of nitrogens with one attached hydrogen (secondary N) is 1. The van der Waals surface area contributed by atoms with Gasteiger partial charge in [-0.05, 0) is 59.9 Å². The van der Waals surface area contributed by atoms with Crippen LogP contribution in [-0.2, 0) is 11.3 Å². The first-order chi connectivity index (χ1) is 13.4. The standard InChI is InChI=1S/C21H33BrClN3O2/c1-3-21(7-5-4-6-8-21)25-15-17-13-16(14-18(22)19(17)24)20(27)28-12-11-26(2)10-9-23/h13-14,25H,3-12,15,24H2,1-2H3. The lowest BCUT2D eigenvalue weighted by atomic mass is 9.79. The maximum atomic E-state index is 12.5. The minimum atomic E-state index is -0.330. The molecule has 0 heterocycles. The minimum Gasteiger partial charge on any atom is -0.461 e. The molecular weight excluding hydrogens is 442 g/mol. The van der Waals surface area contributed by atoms with Gasteiger partial charge in [-0.3, -0.25) is 0 Å². The van der Waals surface area contributed by atoms with Gasteiger partial charge < -0.3 is 20.7 Å². The molecule has 0 amide bonds. The van der Waals surface area contributed by atoms with Crippen LogP contribution < -0.4 is 11.1 Å². The van der Waals surface area contributed by atoms with Gasteiger partial charge in [0.05, 0.1) is 11.3 Å². The summed E-state index contributed by atoms with van der Waals surface area (Å²) in [4.78, 5) is 14.5. The van der Waals surface area contributed by atoms with Crippen LogP contribution in [0.25, 0.3) is 0 Å². The summed E-state index contributed by atoms with van der Waals surface area (Å²) in [6.45, 7) is 4.65. The summed E-state index contributed by atoms with van der Waals surface area (Å²) in [7, 11) is 1.95. The van der Waals surface area contributed by atoms with Crippen molar-refractivity contribution < 1.29 is 9.53 Å². The van der Waals surface area contributed by atoms with Crippen LogP contribution in [0.4, 0.5) is 5.69 Å². The van der Waals surface area contributed by atoms with Crippen molar-refractivity contribution >= 4 is 39.2 Å². The second-order valence-electron chi connectivity index (χ2n) is 7.71. The molecular formula is C21H33BrClN3O2. The Kier molecular flexibility index (Phi) is 9.54. The molecule has 1 aliphatic rings. The molecule has 0 aromatic heterocycles. The summed E-state index contributed by atoms with van der Waals surface area (Å²) in [6.07, 6.45) is 7.35. The average molecular weight is 475 g/mol. The first kappa shape index (κ1) is 23.5. The number of benzene rings is 1. The fourth-order valence-corrected chi connectivity index (χ4v) is 4.53. The number of likely N-dealkylation sites (N-methyl/N-ethyl adjacent to an activating group) is 1. The average Bonchev–Trinajstić information content (AvgIpc) is 2.69. The van der Waals surface area contributed by atoms with Crippen molar-refractivity contribution in [3.05, 3.63) is 27.7 Å². The van der Waals surface area contributed by atoms with E-state index in [-0.39, 0.29) is 11.5 Å². The molecule has 0 spiro atoms. The summed E-state index contributed by atoms with van der Waals surface area (Å²) in [6, 6.07) is 3.59. The maximum Gasteiger partial charge on any atom is 0.338 e. The quantitative estimate of drug-likeness (QED) is 0.295. The monoisotopic (exact) mass is 473 g/mol. The van der Waals surface area contributed by atoms with Crippen molar-refractivity contribution in [3.8, 4) is 0 Å². The number of nitrogens with zero attached hydrogens (tertiary/aromatic N) is 1. The minimum absolute atomic E-state index is 0.181. The van der Waals surface area contributed by atoms with E-state index in [1.807, 2.05) is 18.0 Å². The fourth-order valence-electron chi connectivity index (χ4n) is 3.74. The van der Waals surface area contributed by atoms with Crippen molar-refractivity contribution in [3.63, 3.8) is 0 Å². The zero-order valence-electron chi connectivity index (χ0n) is 17.0. The summed E-state index contributed by atoms with van der Waals surface area (Å²) < 4.78 is 6.15. The lowest BCUT2D eigenvalue weighted by molar-refractivity contribution is 0.0475. The molecule has 0 radical (unpaired) electrons. The van der Waals surface area contributed by atoms with E-state index in [1.54, 1.807) is 6.07 Å². The van der Waals surface area contributed by atoms with Crippen LogP contribution in [0.2, 0.25) is 0 Å². The first-order valence-electron chi connectivity index (χ1n) is 10.2.